The van der Waals surface area contributed by atoms with Gasteiger partial charge in [-0.2, -0.15) is 0 Å². The molecule has 4 atom stereocenters. The largest absolute Gasteiger partial charge is 0.312 e. The van der Waals surface area contributed by atoms with Crippen molar-refractivity contribution in [2.75, 3.05) is 20.1 Å². The van der Waals surface area contributed by atoms with Gasteiger partial charge in [0, 0.05) is 25.2 Å². The van der Waals surface area contributed by atoms with E-state index in [-0.39, 0.29) is 0 Å². The summed E-state index contributed by atoms with van der Waals surface area (Å²) in [6, 6.07) is 1.37. The molecule has 2 heteroatoms. The van der Waals surface area contributed by atoms with Crippen LogP contribution >= 0.6 is 0 Å². The Bertz CT molecular complexity index is 262. The molecule has 0 saturated heterocycles. The van der Waals surface area contributed by atoms with E-state index in [1.54, 1.807) is 6.42 Å². The highest BCUT2D eigenvalue weighted by atomic mass is 15.1. The zero-order valence-electron chi connectivity index (χ0n) is 13.5. The number of hydrogen-bond donors (Lipinski definition) is 1. The van der Waals surface area contributed by atoms with Gasteiger partial charge in [0.25, 0.3) is 0 Å². The molecule has 0 aromatic rings. The van der Waals surface area contributed by atoms with Gasteiger partial charge < -0.3 is 10.2 Å². The molecule has 2 fully saturated rings. The van der Waals surface area contributed by atoms with E-state index in [2.05, 4.69) is 38.0 Å². The third kappa shape index (κ3) is 3.95. The second kappa shape index (κ2) is 7.08. The van der Waals surface area contributed by atoms with Gasteiger partial charge in [-0.15, -0.1) is 0 Å². The lowest BCUT2D eigenvalue weighted by molar-refractivity contribution is 0.175. The van der Waals surface area contributed by atoms with Crippen molar-refractivity contribution in [1.82, 2.24) is 10.2 Å². The van der Waals surface area contributed by atoms with Crippen LogP contribution in [0.4, 0.5) is 0 Å². The van der Waals surface area contributed by atoms with Gasteiger partial charge in [-0.05, 0) is 63.8 Å². The predicted molar refractivity (Wildman–Crippen MR) is 83.4 cm³/mol. The Balaban J connectivity index is 1.69. The van der Waals surface area contributed by atoms with Crippen molar-refractivity contribution in [1.29, 1.82) is 0 Å². The number of hydrogen-bond acceptors (Lipinski definition) is 2. The van der Waals surface area contributed by atoms with Gasteiger partial charge in [0.15, 0.2) is 0 Å². The van der Waals surface area contributed by atoms with Crippen molar-refractivity contribution in [2.24, 2.45) is 17.8 Å². The number of nitrogens with one attached hydrogen (secondary N) is 1. The van der Waals surface area contributed by atoms with Crippen molar-refractivity contribution in [3.8, 4) is 0 Å². The predicted octanol–water partition coefficient (Wildman–Crippen LogP) is 3.52. The maximum atomic E-state index is 3.72. The fourth-order valence-electron chi connectivity index (χ4n) is 4.22. The zero-order chi connectivity index (χ0) is 13.8. The van der Waals surface area contributed by atoms with E-state index in [0.717, 1.165) is 24.3 Å². The van der Waals surface area contributed by atoms with Crippen LogP contribution in [0.25, 0.3) is 0 Å². The van der Waals surface area contributed by atoms with Crippen molar-refractivity contribution in [2.45, 2.75) is 71.4 Å². The Hall–Kier alpha value is -0.0800. The quantitative estimate of drug-likeness (QED) is 0.723. The summed E-state index contributed by atoms with van der Waals surface area (Å²) in [5.74, 6) is 3.15. The highest BCUT2D eigenvalue weighted by Crippen LogP contribution is 2.48. The standard InChI is InChI=1S/C17H34N2/c1-5-17(6-2)18-11-13(3)19(4)12-16-10-14-7-8-15(16)9-14/h13-18H,5-12H2,1-4H3. The first-order valence-electron chi connectivity index (χ1n) is 8.57. The van der Waals surface area contributed by atoms with Gasteiger partial charge in [0.1, 0.15) is 0 Å². The van der Waals surface area contributed by atoms with Crippen LogP contribution in [0, 0.1) is 17.8 Å². The molecular formula is C17H34N2. The summed E-state index contributed by atoms with van der Waals surface area (Å²) >= 11 is 0. The number of nitrogens with zero attached hydrogens (tertiary/aromatic N) is 1. The molecule has 0 spiro atoms. The first-order chi connectivity index (χ1) is 9.13. The molecule has 0 radical (unpaired) electrons. The van der Waals surface area contributed by atoms with E-state index in [0.29, 0.717) is 12.1 Å². The minimum absolute atomic E-state index is 0.666. The summed E-state index contributed by atoms with van der Waals surface area (Å²) in [6.07, 6.45) is 8.60. The summed E-state index contributed by atoms with van der Waals surface area (Å²) in [5, 5.41) is 3.72. The van der Waals surface area contributed by atoms with Crippen LogP contribution in [0.1, 0.15) is 59.3 Å². The van der Waals surface area contributed by atoms with Gasteiger partial charge in [-0.1, -0.05) is 20.3 Å². The van der Waals surface area contributed by atoms with Gasteiger partial charge >= 0.3 is 0 Å². The second-order valence-corrected chi connectivity index (χ2v) is 7.15. The molecule has 0 heterocycles. The second-order valence-electron chi connectivity index (χ2n) is 7.15. The number of likely N-dealkylation sites (N-methyl/N-ethyl adjacent to an activating group) is 1. The third-order valence-electron chi connectivity index (χ3n) is 5.85. The fourth-order valence-corrected chi connectivity index (χ4v) is 4.22. The molecule has 1 N–H and O–H groups in total. The smallest absolute Gasteiger partial charge is 0.0189 e. The monoisotopic (exact) mass is 266 g/mol. The van der Waals surface area contributed by atoms with Crippen LogP contribution in [-0.4, -0.2) is 37.1 Å². The molecule has 4 unspecified atom stereocenters. The molecule has 112 valence electrons. The van der Waals surface area contributed by atoms with Crippen LogP contribution < -0.4 is 5.32 Å². The van der Waals surface area contributed by atoms with E-state index in [9.17, 15) is 0 Å². The minimum atomic E-state index is 0.666. The molecule has 0 amide bonds. The summed E-state index contributed by atoms with van der Waals surface area (Å²) in [6.45, 7) is 9.41. The molecule has 2 saturated carbocycles. The maximum Gasteiger partial charge on any atom is 0.0189 e. The highest BCUT2D eigenvalue weighted by Gasteiger charge is 2.39. The third-order valence-corrected chi connectivity index (χ3v) is 5.85. The molecule has 2 aliphatic rings. The van der Waals surface area contributed by atoms with Gasteiger partial charge in [-0.25, -0.2) is 0 Å². The lowest BCUT2D eigenvalue weighted by atomic mass is 9.88. The van der Waals surface area contributed by atoms with E-state index < -0.39 is 0 Å². The average molecular weight is 266 g/mol. The Labute approximate surface area is 120 Å². The van der Waals surface area contributed by atoms with Gasteiger partial charge in [0.05, 0.1) is 0 Å². The first kappa shape index (κ1) is 15.3. The zero-order valence-corrected chi connectivity index (χ0v) is 13.5. The van der Waals surface area contributed by atoms with Crippen LogP contribution in [0.3, 0.4) is 0 Å². The van der Waals surface area contributed by atoms with Gasteiger partial charge in [0.2, 0.25) is 0 Å². The molecule has 2 aliphatic carbocycles. The fraction of sp³-hybridized carbons (Fsp3) is 1.00. The minimum Gasteiger partial charge on any atom is -0.312 e. The summed E-state index contributed by atoms with van der Waals surface area (Å²) in [7, 11) is 2.32. The van der Waals surface area contributed by atoms with Crippen molar-refractivity contribution >= 4 is 0 Å². The molecule has 0 aromatic heterocycles. The Kier molecular flexibility index (Phi) is 5.70. The normalized spacial score (nSPS) is 31.6. The number of rotatable bonds is 8. The maximum absolute atomic E-state index is 3.72. The summed E-state index contributed by atoms with van der Waals surface area (Å²) < 4.78 is 0. The van der Waals surface area contributed by atoms with Crippen LogP contribution in [0.5, 0.6) is 0 Å². The molecule has 0 aliphatic heterocycles. The first-order valence-corrected chi connectivity index (χ1v) is 8.57. The van der Waals surface area contributed by atoms with Crippen molar-refractivity contribution < 1.29 is 0 Å². The number of fused-ring (bicyclic) bond motifs is 2. The molecule has 0 aromatic carbocycles. The van der Waals surface area contributed by atoms with E-state index in [1.165, 1.54) is 38.6 Å². The lowest BCUT2D eigenvalue weighted by Gasteiger charge is -2.32. The Morgan fingerprint density at radius 3 is 2.42 bits per heavy atom. The Morgan fingerprint density at radius 1 is 1.16 bits per heavy atom. The topological polar surface area (TPSA) is 15.3 Å². The average Bonchev–Trinajstić information content (AvgIpc) is 3.01. The molecule has 19 heavy (non-hydrogen) atoms. The van der Waals surface area contributed by atoms with Crippen molar-refractivity contribution in [3.63, 3.8) is 0 Å². The highest BCUT2D eigenvalue weighted by molar-refractivity contribution is 4.91. The van der Waals surface area contributed by atoms with Gasteiger partial charge in [-0.3, -0.25) is 0 Å². The summed E-state index contributed by atoms with van der Waals surface area (Å²) in [4.78, 5) is 2.60. The molecule has 2 rings (SSSR count). The molecular weight excluding hydrogens is 232 g/mol. The van der Waals surface area contributed by atoms with E-state index in [4.69, 9.17) is 0 Å². The Morgan fingerprint density at radius 2 is 1.89 bits per heavy atom. The summed E-state index contributed by atoms with van der Waals surface area (Å²) in [5.41, 5.74) is 0. The van der Waals surface area contributed by atoms with E-state index in [1.807, 2.05) is 0 Å². The molecule has 2 bridgehead atoms. The van der Waals surface area contributed by atoms with Crippen LogP contribution in [0.2, 0.25) is 0 Å². The molecule has 2 nitrogen and oxygen atoms in total. The SMILES string of the molecule is CCC(CC)NCC(C)N(C)CC1CC2CCC1C2. The van der Waals surface area contributed by atoms with E-state index >= 15 is 0 Å². The lowest BCUT2D eigenvalue weighted by Crippen LogP contribution is -2.43. The van der Waals surface area contributed by atoms with Crippen LogP contribution in [-0.2, 0) is 0 Å². The van der Waals surface area contributed by atoms with Crippen LogP contribution in [0.15, 0.2) is 0 Å². The van der Waals surface area contributed by atoms with Crippen molar-refractivity contribution in [3.05, 3.63) is 0 Å².